The van der Waals surface area contributed by atoms with Crippen molar-refractivity contribution in [2.24, 2.45) is 0 Å². The van der Waals surface area contributed by atoms with Gasteiger partial charge in [-0.25, -0.2) is 0 Å². The first-order valence-corrected chi connectivity index (χ1v) is 18.8. The molecule has 0 bridgehead atoms. The van der Waals surface area contributed by atoms with Gasteiger partial charge in [0.25, 0.3) is 0 Å². The number of nitrogens with zero attached hydrogens (tertiary/aromatic N) is 1. The molecule has 2 nitrogen and oxygen atoms in total. The average Bonchev–Trinajstić information content (AvgIpc) is 3.80. The minimum Gasteiger partial charge on any atom is -0.456 e. The smallest absolute Gasteiger partial charge is 0.135 e. The average molecular weight is 694 g/mol. The summed E-state index contributed by atoms with van der Waals surface area (Å²) in [4.78, 5) is 2.46. The lowest BCUT2D eigenvalue weighted by atomic mass is 9.95. The number of thiophene rings is 1. The van der Waals surface area contributed by atoms with Crippen LogP contribution in [0.2, 0.25) is 0 Å². The lowest BCUT2D eigenvalue weighted by molar-refractivity contribution is 0.669. The van der Waals surface area contributed by atoms with Crippen LogP contribution < -0.4 is 4.90 Å². The molecule has 11 rings (SSSR count). The van der Waals surface area contributed by atoms with Crippen molar-refractivity contribution in [3.05, 3.63) is 188 Å². The fraction of sp³-hybridized carbons (Fsp3) is 0. The molecule has 0 saturated carbocycles. The van der Waals surface area contributed by atoms with Crippen LogP contribution in [0.1, 0.15) is 0 Å². The Bertz CT molecular complexity index is 3190. The van der Waals surface area contributed by atoms with E-state index in [-0.39, 0.29) is 0 Å². The minimum atomic E-state index is 0.883. The van der Waals surface area contributed by atoms with E-state index in [4.69, 9.17) is 4.42 Å². The number of benzene rings is 9. The highest BCUT2D eigenvalue weighted by Gasteiger charge is 2.21. The summed E-state index contributed by atoms with van der Waals surface area (Å²) >= 11 is 1.87. The molecule has 0 unspecified atom stereocenters. The van der Waals surface area contributed by atoms with Crippen molar-refractivity contribution in [2.45, 2.75) is 0 Å². The summed E-state index contributed by atoms with van der Waals surface area (Å²) in [7, 11) is 0. The highest BCUT2D eigenvalue weighted by Crippen LogP contribution is 2.47. The Kier molecular flexibility index (Phi) is 6.76. The number of hydrogen-bond acceptors (Lipinski definition) is 3. The summed E-state index contributed by atoms with van der Waals surface area (Å²) in [6, 6.07) is 68.2. The second-order valence-electron chi connectivity index (χ2n) is 13.7. The SMILES string of the molecule is c1ccc(-c2cc(-c3cccc4c3sc3ccccc34)cc(N(c3ccc4oc5ccccc5c4c3)c3cc4ccccc4c4ccccc34)c2)cc1. The third-order valence-corrected chi connectivity index (χ3v) is 11.8. The molecule has 2 aromatic heterocycles. The highest BCUT2D eigenvalue weighted by atomic mass is 32.1. The zero-order valence-electron chi connectivity index (χ0n) is 28.7. The van der Waals surface area contributed by atoms with Gasteiger partial charge in [0.1, 0.15) is 11.2 Å². The Morgan fingerprint density at radius 2 is 1.06 bits per heavy atom. The van der Waals surface area contributed by atoms with E-state index in [1.54, 1.807) is 0 Å². The zero-order valence-corrected chi connectivity index (χ0v) is 29.5. The van der Waals surface area contributed by atoms with Crippen molar-refractivity contribution in [2.75, 3.05) is 4.90 Å². The Labute approximate surface area is 310 Å². The van der Waals surface area contributed by atoms with Gasteiger partial charge in [-0.1, -0.05) is 133 Å². The van der Waals surface area contributed by atoms with Crippen molar-refractivity contribution in [1.29, 1.82) is 0 Å². The summed E-state index contributed by atoms with van der Waals surface area (Å²) in [5, 5.41) is 9.69. The van der Waals surface area contributed by atoms with Crippen LogP contribution in [0, 0.1) is 0 Å². The molecule has 0 spiro atoms. The van der Waals surface area contributed by atoms with E-state index in [1.807, 2.05) is 23.5 Å². The maximum atomic E-state index is 6.33. The van der Waals surface area contributed by atoms with Gasteiger partial charge in [0, 0.05) is 47.7 Å². The fourth-order valence-electron chi connectivity index (χ4n) is 8.17. The number of fused-ring (bicyclic) bond motifs is 9. The fourth-order valence-corrected chi connectivity index (χ4v) is 9.41. The Hall–Kier alpha value is -6.68. The number of hydrogen-bond donors (Lipinski definition) is 0. The van der Waals surface area contributed by atoms with Gasteiger partial charge in [-0.15, -0.1) is 11.3 Å². The van der Waals surface area contributed by atoms with Crippen LogP contribution in [0.25, 0.3) is 85.9 Å². The van der Waals surface area contributed by atoms with Gasteiger partial charge in [0.05, 0.1) is 5.69 Å². The maximum Gasteiger partial charge on any atom is 0.135 e. The van der Waals surface area contributed by atoms with Crippen molar-refractivity contribution in [3.8, 4) is 22.3 Å². The molecular formula is C50H31NOS. The third-order valence-electron chi connectivity index (χ3n) is 10.6. The van der Waals surface area contributed by atoms with Crippen molar-refractivity contribution >= 4 is 92.1 Å². The molecule has 248 valence electrons. The molecule has 11 aromatic rings. The van der Waals surface area contributed by atoms with E-state index in [2.05, 4.69) is 181 Å². The summed E-state index contributed by atoms with van der Waals surface area (Å²) in [5.41, 5.74) is 9.83. The van der Waals surface area contributed by atoms with Crippen molar-refractivity contribution in [1.82, 2.24) is 0 Å². The molecule has 0 aliphatic rings. The number of anilines is 3. The normalized spacial score (nSPS) is 11.8. The third kappa shape index (κ3) is 4.86. The van der Waals surface area contributed by atoms with Gasteiger partial charge in [-0.3, -0.25) is 0 Å². The predicted octanol–water partition coefficient (Wildman–Crippen LogP) is 15.1. The molecule has 0 saturated heterocycles. The van der Waals surface area contributed by atoms with Gasteiger partial charge in [0.2, 0.25) is 0 Å². The quantitative estimate of drug-likeness (QED) is 0.167. The lowest BCUT2D eigenvalue weighted by Crippen LogP contribution is -2.11. The Morgan fingerprint density at radius 3 is 1.94 bits per heavy atom. The Balaban J connectivity index is 1.24. The summed E-state index contributed by atoms with van der Waals surface area (Å²) < 4.78 is 8.94. The van der Waals surface area contributed by atoms with Gasteiger partial charge in [-0.05, 0) is 93.0 Å². The topological polar surface area (TPSA) is 16.4 Å². The van der Waals surface area contributed by atoms with E-state index in [9.17, 15) is 0 Å². The summed E-state index contributed by atoms with van der Waals surface area (Å²) in [6.45, 7) is 0. The molecule has 0 N–H and O–H groups in total. The van der Waals surface area contributed by atoms with E-state index >= 15 is 0 Å². The first-order valence-electron chi connectivity index (χ1n) is 18.0. The zero-order chi connectivity index (χ0) is 34.9. The van der Waals surface area contributed by atoms with Gasteiger partial charge < -0.3 is 9.32 Å². The van der Waals surface area contributed by atoms with E-state index < -0.39 is 0 Å². The predicted molar refractivity (Wildman–Crippen MR) is 227 cm³/mol. The van der Waals surface area contributed by atoms with E-state index in [0.29, 0.717) is 0 Å². The molecule has 0 fully saturated rings. The second-order valence-corrected chi connectivity index (χ2v) is 14.7. The largest absolute Gasteiger partial charge is 0.456 e. The molecule has 2 heterocycles. The van der Waals surface area contributed by atoms with Gasteiger partial charge >= 0.3 is 0 Å². The first-order chi connectivity index (χ1) is 26.3. The number of rotatable bonds is 5. The standard InChI is InChI=1S/C50H31NOS/c1-2-13-32(14-3-1)34-27-35(39-21-12-22-44-43-20-9-11-24-49(43)53-50(39)44)29-37(28-34)51(36-25-26-48-45(31-36)42-19-8-10-23-47(42)52-48)46-30-33-15-4-5-16-38(33)40-17-6-7-18-41(40)46/h1-31H. The van der Waals surface area contributed by atoms with Crippen molar-refractivity contribution < 1.29 is 4.42 Å². The second kappa shape index (κ2) is 11.9. The molecule has 3 heteroatoms. The maximum absolute atomic E-state index is 6.33. The van der Waals surface area contributed by atoms with E-state index in [1.165, 1.54) is 64.0 Å². The van der Waals surface area contributed by atoms with Crippen LogP contribution >= 0.6 is 11.3 Å². The molecule has 0 aliphatic carbocycles. The molecular weight excluding hydrogens is 663 g/mol. The highest BCUT2D eigenvalue weighted by molar-refractivity contribution is 7.26. The molecule has 53 heavy (non-hydrogen) atoms. The van der Waals surface area contributed by atoms with Crippen LogP contribution in [0.4, 0.5) is 17.1 Å². The lowest BCUT2D eigenvalue weighted by Gasteiger charge is -2.29. The Morgan fingerprint density at radius 1 is 0.377 bits per heavy atom. The molecule has 0 aliphatic heterocycles. The van der Waals surface area contributed by atoms with Crippen LogP contribution in [0.5, 0.6) is 0 Å². The van der Waals surface area contributed by atoms with E-state index in [0.717, 1.165) is 39.0 Å². The van der Waals surface area contributed by atoms with Gasteiger partial charge in [-0.2, -0.15) is 0 Å². The van der Waals surface area contributed by atoms with Gasteiger partial charge in [0.15, 0.2) is 0 Å². The van der Waals surface area contributed by atoms with Crippen LogP contribution in [0.3, 0.4) is 0 Å². The van der Waals surface area contributed by atoms with Crippen LogP contribution in [0.15, 0.2) is 192 Å². The van der Waals surface area contributed by atoms with Crippen molar-refractivity contribution in [3.63, 3.8) is 0 Å². The molecule has 0 atom stereocenters. The van der Waals surface area contributed by atoms with Crippen LogP contribution in [-0.4, -0.2) is 0 Å². The molecule has 0 radical (unpaired) electrons. The summed E-state index contributed by atoms with van der Waals surface area (Å²) in [6.07, 6.45) is 0. The minimum absolute atomic E-state index is 0.883. The van der Waals surface area contributed by atoms with Crippen LogP contribution in [-0.2, 0) is 0 Å². The summed E-state index contributed by atoms with van der Waals surface area (Å²) in [5.74, 6) is 0. The number of furan rings is 1. The first kappa shape index (κ1) is 30.0. The monoisotopic (exact) mass is 693 g/mol. The molecule has 0 amide bonds. The molecule has 9 aromatic carbocycles. The number of para-hydroxylation sites is 1.